The fourth-order valence-corrected chi connectivity index (χ4v) is 7.37. The van der Waals surface area contributed by atoms with E-state index in [0.717, 1.165) is 89.9 Å². The van der Waals surface area contributed by atoms with Gasteiger partial charge in [-0.1, -0.05) is 234 Å². The van der Waals surface area contributed by atoms with Crippen LogP contribution in [0, 0.1) is 0 Å². The molecule has 0 fully saturated rings. The van der Waals surface area contributed by atoms with E-state index < -0.39 is 6.10 Å². The van der Waals surface area contributed by atoms with Gasteiger partial charge in [0.15, 0.2) is 6.10 Å². The summed E-state index contributed by atoms with van der Waals surface area (Å²) in [5.41, 5.74) is 0. The van der Waals surface area contributed by atoms with Crippen LogP contribution in [0.25, 0.3) is 0 Å². The van der Waals surface area contributed by atoms with Gasteiger partial charge in [0, 0.05) is 19.3 Å². The van der Waals surface area contributed by atoms with Crippen molar-refractivity contribution in [2.75, 3.05) is 13.2 Å². The largest absolute Gasteiger partial charge is 0.462 e. The summed E-state index contributed by atoms with van der Waals surface area (Å²) < 4.78 is 16.7. The lowest BCUT2D eigenvalue weighted by atomic mass is 10.0. The molecule has 0 saturated heterocycles. The second kappa shape index (κ2) is 54.9. The average molecular weight is 931 g/mol. The third kappa shape index (κ3) is 53.2. The fraction of sp³-hybridized carbons (Fsp3) is 0.689. The molecule has 0 bridgehead atoms. The van der Waals surface area contributed by atoms with Crippen LogP contribution in [0.3, 0.4) is 0 Å². The molecule has 0 amide bonds. The quantitative estimate of drug-likeness (QED) is 0.0262. The Bertz CT molecular complexity index is 1350. The van der Waals surface area contributed by atoms with E-state index in [2.05, 4.69) is 112 Å². The molecule has 0 rings (SSSR count). The van der Waals surface area contributed by atoms with Gasteiger partial charge in [-0.25, -0.2) is 0 Å². The molecule has 6 heteroatoms. The number of carbonyl (C=O) groups excluding carboxylic acids is 3. The van der Waals surface area contributed by atoms with Crippen LogP contribution in [0.15, 0.2) is 97.2 Å². The summed E-state index contributed by atoms with van der Waals surface area (Å²) in [6.07, 6.45) is 72.6. The first-order valence-corrected chi connectivity index (χ1v) is 27.7. The van der Waals surface area contributed by atoms with Crippen molar-refractivity contribution in [1.82, 2.24) is 0 Å². The molecule has 0 spiro atoms. The van der Waals surface area contributed by atoms with Gasteiger partial charge in [0.25, 0.3) is 0 Å². The van der Waals surface area contributed by atoms with Crippen molar-refractivity contribution in [2.24, 2.45) is 0 Å². The molecule has 0 aromatic carbocycles. The molecule has 0 unspecified atom stereocenters. The topological polar surface area (TPSA) is 78.9 Å². The highest BCUT2D eigenvalue weighted by Gasteiger charge is 2.19. The van der Waals surface area contributed by atoms with Gasteiger partial charge in [0.2, 0.25) is 0 Å². The minimum Gasteiger partial charge on any atom is -0.462 e. The molecule has 0 heterocycles. The van der Waals surface area contributed by atoms with E-state index in [-0.39, 0.29) is 37.5 Å². The molecule has 6 nitrogen and oxygen atoms in total. The molecule has 1 atom stereocenters. The number of allylic oxidation sites excluding steroid dienone is 16. The van der Waals surface area contributed by atoms with Crippen LogP contribution in [-0.4, -0.2) is 37.2 Å². The standard InChI is InChI=1S/C61H102O6/c1-4-7-10-13-16-19-22-25-27-29-30-32-34-37-39-42-45-48-51-54-60(63)66-57-58(67-61(64)55-52-49-46-43-40-35-24-21-18-15-12-9-6-3)56-65-59(62)53-50-47-44-41-38-36-33-31-28-26-23-20-17-14-11-8-5-2/h16-17,19-20,25-28,30,32-33,36-37,39,45,48,58H,4-15,18,21-24,29,31,34-35,38,40-44,46-47,49-57H2,1-3H3/b19-16-,20-17-,27-25-,28-26-,32-30-,36-33-,39-37-,48-45-/t58-/m0/s1. The number of ether oxygens (including phenoxy) is 3. The van der Waals surface area contributed by atoms with Crippen molar-refractivity contribution in [2.45, 2.75) is 258 Å². The average Bonchev–Trinajstić information content (AvgIpc) is 3.33. The third-order valence-corrected chi connectivity index (χ3v) is 11.6. The Morgan fingerprint density at radius 3 is 0.955 bits per heavy atom. The zero-order valence-electron chi connectivity index (χ0n) is 43.6. The van der Waals surface area contributed by atoms with Gasteiger partial charge in [0.1, 0.15) is 13.2 Å². The van der Waals surface area contributed by atoms with E-state index in [1.165, 1.54) is 116 Å². The lowest BCUT2D eigenvalue weighted by Gasteiger charge is -2.18. The number of esters is 3. The van der Waals surface area contributed by atoms with Crippen LogP contribution in [-0.2, 0) is 28.6 Å². The molecule has 0 N–H and O–H groups in total. The Kier molecular flexibility index (Phi) is 51.9. The van der Waals surface area contributed by atoms with Crippen molar-refractivity contribution in [1.29, 1.82) is 0 Å². The smallest absolute Gasteiger partial charge is 0.306 e. The maximum atomic E-state index is 12.8. The minimum atomic E-state index is -0.816. The van der Waals surface area contributed by atoms with Crippen LogP contribution in [0.4, 0.5) is 0 Å². The van der Waals surface area contributed by atoms with Gasteiger partial charge in [0.05, 0.1) is 0 Å². The first-order valence-electron chi connectivity index (χ1n) is 27.7. The molecule has 0 saturated carbocycles. The maximum Gasteiger partial charge on any atom is 0.306 e. The minimum absolute atomic E-state index is 0.111. The predicted octanol–water partition coefficient (Wildman–Crippen LogP) is 18.5. The summed E-state index contributed by atoms with van der Waals surface area (Å²) in [5.74, 6) is -1.01. The molecule has 0 aromatic heterocycles. The zero-order chi connectivity index (χ0) is 48.6. The van der Waals surface area contributed by atoms with Crippen molar-refractivity contribution in [3.05, 3.63) is 97.2 Å². The first kappa shape index (κ1) is 63.3. The Morgan fingerprint density at radius 1 is 0.299 bits per heavy atom. The van der Waals surface area contributed by atoms with Gasteiger partial charge in [-0.05, 0) is 96.3 Å². The maximum absolute atomic E-state index is 12.8. The van der Waals surface area contributed by atoms with E-state index in [0.29, 0.717) is 19.3 Å². The Morgan fingerprint density at radius 2 is 0.567 bits per heavy atom. The molecule has 0 radical (unpaired) electrons. The number of hydrogen-bond acceptors (Lipinski definition) is 6. The Balaban J connectivity index is 4.52. The van der Waals surface area contributed by atoms with Crippen molar-refractivity contribution < 1.29 is 28.6 Å². The molecule has 67 heavy (non-hydrogen) atoms. The predicted molar refractivity (Wildman–Crippen MR) is 288 cm³/mol. The Hall–Kier alpha value is -3.67. The van der Waals surface area contributed by atoms with Crippen LogP contribution in [0.2, 0.25) is 0 Å². The molecule has 0 aliphatic heterocycles. The van der Waals surface area contributed by atoms with Gasteiger partial charge in [-0.2, -0.15) is 0 Å². The SMILES string of the molecule is CCCCC/C=C\C/C=C\C/C=C\C/C=C\C/C=C\CCC(=O)OC[C@H](COC(=O)CCCCCC/C=C\C/C=C\C/C=C\CCCCC)OC(=O)CCCCCCCCCCCCCCC. The number of hydrogen-bond donors (Lipinski definition) is 0. The van der Waals surface area contributed by atoms with Gasteiger partial charge < -0.3 is 14.2 Å². The van der Waals surface area contributed by atoms with E-state index in [1.54, 1.807) is 0 Å². The summed E-state index contributed by atoms with van der Waals surface area (Å²) in [4.78, 5) is 38.0. The zero-order valence-corrected chi connectivity index (χ0v) is 43.6. The summed E-state index contributed by atoms with van der Waals surface area (Å²) in [5, 5.41) is 0. The number of rotatable bonds is 49. The molecular weight excluding hydrogens is 829 g/mol. The van der Waals surface area contributed by atoms with E-state index in [9.17, 15) is 14.4 Å². The summed E-state index contributed by atoms with van der Waals surface area (Å²) in [7, 11) is 0. The van der Waals surface area contributed by atoms with E-state index >= 15 is 0 Å². The summed E-state index contributed by atoms with van der Waals surface area (Å²) in [6.45, 7) is 6.50. The molecule has 0 aliphatic carbocycles. The van der Waals surface area contributed by atoms with Crippen molar-refractivity contribution >= 4 is 17.9 Å². The van der Waals surface area contributed by atoms with E-state index in [4.69, 9.17) is 14.2 Å². The van der Waals surface area contributed by atoms with Gasteiger partial charge in [-0.15, -0.1) is 0 Å². The van der Waals surface area contributed by atoms with Crippen molar-refractivity contribution in [3.63, 3.8) is 0 Å². The second-order valence-corrected chi connectivity index (χ2v) is 18.1. The van der Waals surface area contributed by atoms with E-state index in [1.807, 2.05) is 6.08 Å². The van der Waals surface area contributed by atoms with Crippen LogP contribution < -0.4 is 0 Å². The van der Waals surface area contributed by atoms with Gasteiger partial charge >= 0.3 is 17.9 Å². The van der Waals surface area contributed by atoms with Crippen molar-refractivity contribution in [3.8, 4) is 0 Å². The highest BCUT2D eigenvalue weighted by molar-refractivity contribution is 5.71. The molecule has 0 aromatic rings. The van der Waals surface area contributed by atoms with Crippen LogP contribution >= 0.6 is 0 Å². The lowest BCUT2D eigenvalue weighted by Crippen LogP contribution is -2.30. The fourth-order valence-electron chi connectivity index (χ4n) is 7.37. The number of unbranched alkanes of at least 4 members (excludes halogenated alkanes) is 22. The monoisotopic (exact) mass is 931 g/mol. The summed E-state index contributed by atoms with van der Waals surface area (Å²) in [6, 6.07) is 0. The lowest BCUT2D eigenvalue weighted by molar-refractivity contribution is -0.166. The Labute approximate surface area is 413 Å². The van der Waals surface area contributed by atoms with Gasteiger partial charge in [-0.3, -0.25) is 14.4 Å². The van der Waals surface area contributed by atoms with Crippen LogP contribution in [0.1, 0.15) is 252 Å². The second-order valence-electron chi connectivity index (χ2n) is 18.1. The third-order valence-electron chi connectivity index (χ3n) is 11.6. The highest BCUT2D eigenvalue weighted by atomic mass is 16.6. The summed E-state index contributed by atoms with van der Waals surface area (Å²) >= 11 is 0. The molecule has 382 valence electrons. The van der Waals surface area contributed by atoms with Crippen LogP contribution in [0.5, 0.6) is 0 Å². The molecular formula is C61H102O6. The highest BCUT2D eigenvalue weighted by Crippen LogP contribution is 2.14. The molecule has 0 aliphatic rings. The normalized spacial score (nSPS) is 12.8. The number of carbonyl (C=O) groups is 3. The first-order chi connectivity index (χ1) is 33.0.